The molecule has 124 valence electrons. The van der Waals surface area contributed by atoms with Crippen molar-refractivity contribution in [3.8, 4) is 5.69 Å². The minimum Gasteiger partial charge on any atom is -0.271 e. The molecule has 0 saturated heterocycles. The average Bonchev–Trinajstić information content (AvgIpc) is 2.92. The van der Waals surface area contributed by atoms with E-state index in [0.29, 0.717) is 9.79 Å². The molecule has 0 unspecified atom stereocenters. The summed E-state index contributed by atoms with van der Waals surface area (Å²) in [5.41, 5.74) is 4.76. The molecule has 1 aromatic heterocycles. The number of nitrogens with one attached hydrogen (secondary N) is 1. The topological polar surface area (TPSA) is 33.6 Å². The lowest BCUT2D eigenvalue weighted by Crippen LogP contribution is -2.02. The van der Waals surface area contributed by atoms with E-state index in [9.17, 15) is 0 Å². The van der Waals surface area contributed by atoms with Gasteiger partial charge in [0.2, 0.25) is 0 Å². The van der Waals surface area contributed by atoms with Crippen molar-refractivity contribution in [2.45, 2.75) is 25.4 Å². The fraction of sp³-hybridized carbons (Fsp3) is 0.222. The maximum Gasteiger partial charge on any atom is 0.199 e. The third-order valence-electron chi connectivity index (χ3n) is 3.90. The smallest absolute Gasteiger partial charge is 0.199 e. The average molecular weight is 376 g/mol. The summed E-state index contributed by atoms with van der Waals surface area (Å²) < 4.78 is 2.56. The molecule has 1 heterocycles. The fourth-order valence-electron chi connectivity index (χ4n) is 2.52. The van der Waals surface area contributed by atoms with Gasteiger partial charge >= 0.3 is 0 Å². The summed E-state index contributed by atoms with van der Waals surface area (Å²) in [5, 5.41) is 7.99. The largest absolute Gasteiger partial charge is 0.271 e. The Hall–Kier alpha value is -1.56. The number of benzene rings is 2. The van der Waals surface area contributed by atoms with Gasteiger partial charge in [0.15, 0.2) is 4.77 Å². The Morgan fingerprint density at radius 1 is 1.12 bits per heavy atom. The predicted octanol–water partition coefficient (Wildman–Crippen LogP) is 5.63. The maximum absolute atomic E-state index is 6.16. The van der Waals surface area contributed by atoms with Gasteiger partial charge in [0.1, 0.15) is 5.82 Å². The molecule has 0 aliphatic heterocycles. The van der Waals surface area contributed by atoms with Crippen molar-refractivity contribution in [1.82, 2.24) is 14.8 Å². The van der Waals surface area contributed by atoms with Crippen LogP contribution in [0.15, 0.2) is 42.5 Å². The van der Waals surface area contributed by atoms with Crippen molar-refractivity contribution in [2.75, 3.05) is 0 Å². The normalized spacial score (nSPS) is 11.0. The van der Waals surface area contributed by atoms with Crippen LogP contribution in [0.25, 0.3) is 5.69 Å². The number of rotatable bonds is 5. The Balaban J connectivity index is 1.82. The predicted molar refractivity (Wildman–Crippen MR) is 105 cm³/mol. The maximum atomic E-state index is 6.16. The first-order chi connectivity index (χ1) is 11.6. The zero-order valence-electron chi connectivity index (χ0n) is 13.5. The van der Waals surface area contributed by atoms with Crippen molar-refractivity contribution in [1.29, 1.82) is 0 Å². The van der Waals surface area contributed by atoms with Crippen molar-refractivity contribution in [2.24, 2.45) is 0 Å². The molecule has 3 rings (SSSR count). The van der Waals surface area contributed by atoms with Gasteiger partial charge in [0.25, 0.3) is 0 Å². The summed E-state index contributed by atoms with van der Waals surface area (Å²) in [6, 6.07) is 14.3. The van der Waals surface area contributed by atoms with Crippen molar-refractivity contribution in [3.63, 3.8) is 0 Å². The number of thioether (sulfide) groups is 1. The highest BCUT2D eigenvalue weighted by atomic mass is 35.5. The van der Waals surface area contributed by atoms with Gasteiger partial charge in [0, 0.05) is 10.8 Å². The van der Waals surface area contributed by atoms with E-state index in [1.165, 1.54) is 11.1 Å². The van der Waals surface area contributed by atoms with E-state index in [1.807, 2.05) is 41.5 Å². The quantitative estimate of drug-likeness (QED) is 0.586. The van der Waals surface area contributed by atoms with Gasteiger partial charge in [-0.3, -0.25) is 9.67 Å². The number of hydrogen-bond donors (Lipinski definition) is 1. The Kier molecular flexibility index (Phi) is 5.43. The Labute approximate surface area is 156 Å². The van der Waals surface area contributed by atoms with Crippen LogP contribution in [0, 0.1) is 18.6 Å². The molecule has 3 nitrogen and oxygen atoms in total. The fourth-order valence-corrected chi connectivity index (χ4v) is 3.96. The van der Waals surface area contributed by atoms with Crippen LogP contribution in [0.1, 0.15) is 22.5 Å². The van der Waals surface area contributed by atoms with Gasteiger partial charge in [-0.15, -0.1) is 11.8 Å². The third kappa shape index (κ3) is 3.74. The van der Waals surface area contributed by atoms with E-state index >= 15 is 0 Å². The zero-order valence-corrected chi connectivity index (χ0v) is 15.9. The molecule has 0 saturated carbocycles. The molecule has 0 amide bonds. The summed E-state index contributed by atoms with van der Waals surface area (Å²) >= 11 is 13.4. The van der Waals surface area contributed by atoms with Crippen LogP contribution < -0.4 is 0 Å². The van der Waals surface area contributed by atoms with Crippen LogP contribution in [-0.2, 0) is 11.5 Å². The number of nitrogens with zero attached hydrogens (tertiary/aromatic N) is 2. The molecular formula is C18H18ClN3S2. The second-order valence-corrected chi connectivity index (χ2v) is 7.44. The first-order valence-corrected chi connectivity index (χ1v) is 9.55. The lowest BCUT2D eigenvalue weighted by molar-refractivity contribution is 0.940. The van der Waals surface area contributed by atoms with Gasteiger partial charge in [-0.05, 0) is 54.9 Å². The van der Waals surface area contributed by atoms with Crippen LogP contribution >= 0.6 is 35.6 Å². The summed E-state index contributed by atoms with van der Waals surface area (Å²) in [6.07, 6.45) is 0. The van der Waals surface area contributed by atoms with Crippen LogP contribution in [-0.4, -0.2) is 14.8 Å². The molecule has 6 heteroatoms. The molecule has 0 aliphatic rings. The van der Waals surface area contributed by atoms with Crippen molar-refractivity contribution >= 4 is 35.6 Å². The minimum absolute atomic E-state index is 0.590. The molecule has 0 atom stereocenters. The van der Waals surface area contributed by atoms with Gasteiger partial charge in [0.05, 0.1) is 11.4 Å². The second kappa shape index (κ2) is 7.55. The van der Waals surface area contributed by atoms with Crippen LogP contribution in [0.3, 0.4) is 0 Å². The van der Waals surface area contributed by atoms with E-state index < -0.39 is 0 Å². The Bertz CT molecular complexity index is 915. The number of aromatic amines is 1. The zero-order chi connectivity index (χ0) is 17.1. The highest BCUT2D eigenvalue weighted by Crippen LogP contribution is 2.24. The molecule has 0 aliphatic carbocycles. The molecule has 3 aromatic rings. The summed E-state index contributed by atoms with van der Waals surface area (Å²) in [6.45, 7) is 4.19. The van der Waals surface area contributed by atoms with Crippen molar-refractivity contribution < 1.29 is 0 Å². The van der Waals surface area contributed by atoms with E-state index in [1.54, 1.807) is 0 Å². The molecule has 24 heavy (non-hydrogen) atoms. The molecule has 0 spiro atoms. The number of hydrogen-bond acceptors (Lipinski definition) is 3. The third-order valence-corrected chi connectivity index (χ3v) is 5.39. The van der Waals surface area contributed by atoms with Gasteiger partial charge in [-0.25, -0.2) is 0 Å². The van der Waals surface area contributed by atoms with E-state index in [4.69, 9.17) is 23.8 Å². The molecule has 2 aromatic carbocycles. The Morgan fingerprint density at radius 2 is 1.92 bits per heavy atom. The lowest BCUT2D eigenvalue weighted by atomic mass is 10.1. The standard InChI is InChI=1S/C18H18ClN3S2/c1-12-5-3-4-6-14(12)10-24-11-17-20-21-18(23)22(17)16-9-15(19)8-7-13(16)2/h3-9H,10-11H2,1-2H3,(H,21,23). The van der Waals surface area contributed by atoms with Crippen LogP contribution in [0.4, 0.5) is 0 Å². The SMILES string of the molecule is Cc1ccccc1CSCc1n[nH]c(=S)n1-c1cc(Cl)ccc1C. The molecule has 1 N–H and O–H groups in total. The molecule has 0 radical (unpaired) electrons. The number of aryl methyl sites for hydroxylation is 2. The lowest BCUT2D eigenvalue weighted by Gasteiger charge is -2.11. The first-order valence-electron chi connectivity index (χ1n) is 7.61. The van der Waals surface area contributed by atoms with Crippen molar-refractivity contribution in [3.05, 3.63) is 74.8 Å². The van der Waals surface area contributed by atoms with Gasteiger partial charge in [-0.2, -0.15) is 5.10 Å². The monoisotopic (exact) mass is 375 g/mol. The van der Waals surface area contributed by atoms with E-state index in [-0.39, 0.29) is 0 Å². The number of aromatic nitrogens is 3. The van der Waals surface area contributed by atoms with E-state index in [2.05, 4.69) is 41.4 Å². The molecular weight excluding hydrogens is 358 g/mol. The number of halogens is 1. The van der Waals surface area contributed by atoms with Crippen LogP contribution in [0.5, 0.6) is 0 Å². The highest BCUT2D eigenvalue weighted by molar-refractivity contribution is 7.97. The summed E-state index contributed by atoms with van der Waals surface area (Å²) in [7, 11) is 0. The second-order valence-electron chi connectivity index (χ2n) is 5.63. The van der Waals surface area contributed by atoms with Crippen LogP contribution in [0.2, 0.25) is 5.02 Å². The Morgan fingerprint density at radius 3 is 2.71 bits per heavy atom. The molecule has 0 fully saturated rings. The van der Waals surface area contributed by atoms with Gasteiger partial charge < -0.3 is 0 Å². The van der Waals surface area contributed by atoms with E-state index in [0.717, 1.165) is 28.6 Å². The summed E-state index contributed by atoms with van der Waals surface area (Å²) in [5.74, 6) is 2.62. The first kappa shape index (κ1) is 17.3. The minimum atomic E-state index is 0.590. The highest BCUT2D eigenvalue weighted by Gasteiger charge is 2.11. The molecule has 0 bridgehead atoms. The van der Waals surface area contributed by atoms with Gasteiger partial charge in [-0.1, -0.05) is 41.9 Å². The number of H-pyrrole nitrogens is 1. The summed E-state index contributed by atoms with van der Waals surface area (Å²) in [4.78, 5) is 0.